The molecule has 1 rings (SSSR count). The molecule has 0 aromatic rings. The first-order valence-corrected chi connectivity index (χ1v) is 6.71. The lowest BCUT2D eigenvalue weighted by Gasteiger charge is -2.23. The van der Waals surface area contributed by atoms with Crippen LogP contribution in [0.5, 0.6) is 0 Å². The number of ketones is 1. The van der Waals surface area contributed by atoms with Gasteiger partial charge in [0.1, 0.15) is 11.3 Å². The Hall–Kier alpha value is -1.32. The summed E-state index contributed by atoms with van der Waals surface area (Å²) in [7, 11) is 0. The monoisotopic (exact) mass is 253 g/mol. The van der Waals surface area contributed by atoms with Crippen molar-refractivity contribution in [2.24, 2.45) is 0 Å². The fraction of sp³-hybridized carbons (Fsp3) is 0.714. The molecule has 1 amide bonds. The van der Waals surface area contributed by atoms with Crippen LogP contribution in [0.4, 0.5) is 0 Å². The molecule has 1 saturated carbocycles. The quantitative estimate of drug-likeness (QED) is 0.354. The van der Waals surface area contributed by atoms with Crippen LogP contribution in [0.1, 0.15) is 52.9 Å². The number of carbonyl (C=O) groups excluding carboxylic acids is 2. The van der Waals surface area contributed by atoms with Crippen molar-refractivity contribution in [1.82, 2.24) is 5.32 Å². The van der Waals surface area contributed by atoms with Crippen LogP contribution in [-0.4, -0.2) is 24.3 Å². The number of carbonyl (C=O) groups is 2. The summed E-state index contributed by atoms with van der Waals surface area (Å²) in [6.45, 7) is 5.36. The molecule has 0 unspecified atom stereocenters. The minimum absolute atomic E-state index is 0.155. The first kappa shape index (κ1) is 14.7. The number of amides is 1. The lowest BCUT2D eigenvalue weighted by molar-refractivity contribution is -0.122. The number of allylic oxidation sites excluding steroid dienone is 1. The molecule has 0 spiro atoms. The van der Waals surface area contributed by atoms with Gasteiger partial charge in [0.15, 0.2) is 5.78 Å². The Balaban J connectivity index is 2.70. The molecular weight excluding hydrogens is 230 g/mol. The van der Waals surface area contributed by atoms with Crippen molar-refractivity contribution >= 4 is 11.7 Å². The van der Waals surface area contributed by atoms with Gasteiger partial charge in [-0.15, -0.1) is 0 Å². The molecule has 1 fully saturated rings. The summed E-state index contributed by atoms with van der Waals surface area (Å²) in [5, 5.41) is 2.94. The Bertz CT molecular complexity index is 341. The molecule has 0 aromatic carbocycles. The number of hydrogen-bond donors (Lipinski definition) is 1. The molecule has 1 aliphatic carbocycles. The smallest absolute Gasteiger partial charge is 0.258 e. The van der Waals surface area contributed by atoms with Gasteiger partial charge in [-0.05, 0) is 33.6 Å². The van der Waals surface area contributed by atoms with E-state index in [0.717, 1.165) is 25.7 Å². The highest BCUT2D eigenvalue weighted by molar-refractivity contribution is 6.18. The van der Waals surface area contributed by atoms with Crippen LogP contribution >= 0.6 is 0 Å². The minimum Gasteiger partial charge on any atom is -0.498 e. The fourth-order valence-corrected chi connectivity index (χ4v) is 2.36. The maximum absolute atomic E-state index is 12.1. The van der Waals surface area contributed by atoms with E-state index in [2.05, 4.69) is 5.32 Å². The second kappa shape index (κ2) is 7.19. The summed E-state index contributed by atoms with van der Waals surface area (Å²) < 4.78 is 5.27. The van der Waals surface area contributed by atoms with Gasteiger partial charge in [-0.3, -0.25) is 9.59 Å². The number of nitrogens with one attached hydrogen (secondary N) is 1. The highest BCUT2D eigenvalue weighted by Gasteiger charge is 2.22. The van der Waals surface area contributed by atoms with E-state index in [0.29, 0.717) is 12.4 Å². The van der Waals surface area contributed by atoms with Crippen LogP contribution in [0.15, 0.2) is 11.3 Å². The van der Waals surface area contributed by atoms with Crippen molar-refractivity contribution < 1.29 is 14.3 Å². The summed E-state index contributed by atoms with van der Waals surface area (Å²) in [6, 6.07) is 0.204. The molecule has 0 saturated heterocycles. The molecule has 0 aromatic heterocycles. The summed E-state index contributed by atoms with van der Waals surface area (Å²) >= 11 is 0. The zero-order valence-corrected chi connectivity index (χ0v) is 11.5. The van der Waals surface area contributed by atoms with Crippen molar-refractivity contribution in [3.05, 3.63) is 11.3 Å². The van der Waals surface area contributed by atoms with Crippen LogP contribution in [0.25, 0.3) is 0 Å². The van der Waals surface area contributed by atoms with E-state index in [1.54, 1.807) is 6.92 Å². The molecule has 0 aliphatic heterocycles. The Morgan fingerprint density at radius 1 is 1.17 bits per heavy atom. The number of rotatable bonds is 5. The van der Waals surface area contributed by atoms with Crippen LogP contribution in [0.3, 0.4) is 0 Å². The molecular formula is C14H23NO3. The Morgan fingerprint density at radius 2 is 1.78 bits per heavy atom. The summed E-state index contributed by atoms with van der Waals surface area (Å²) in [6.07, 6.45) is 5.54. The van der Waals surface area contributed by atoms with E-state index >= 15 is 0 Å². The third-order valence-corrected chi connectivity index (χ3v) is 3.23. The van der Waals surface area contributed by atoms with E-state index in [-0.39, 0.29) is 23.3 Å². The maximum Gasteiger partial charge on any atom is 0.258 e. The number of hydrogen-bond acceptors (Lipinski definition) is 3. The van der Waals surface area contributed by atoms with Crippen LogP contribution in [0.2, 0.25) is 0 Å². The zero-order valence-electron chi connectivity index (χ0n) is 11.5. The first-order valence-electron chi connectivity index (χ1n) is 6.71. The van der Waals surface area contributed by atoms with Gasteiger partial charge in [-0.25, -0.2) is 0 Å². The number of Topliss-reactive ketones (excluding diaryl/α,β-unsaturated/α-hetero) is 1. The molecule has 1 N–H and O–H groups in total. The highest BCUT2D eigenvalue weighted by atomic mass is 16.5. The molecule has 1 aliphatic rings. The SMILES string of the molecule is CCOC(C)=C(C(C)=O)C(=O)NC1CCCCC1. The average Bonchev–Trinajstić information content (AvgIpc) is 2.30. The van der Waals surface area contributed by atoms with Gasteiger partial charge in [0.25, 0.3) is 5.91 Å². The van der Waals surface area contributed by atoms with Crippen molar-refractivity contribution in [1.29, 1.82) is 0 Å². The second-order valence-corrected chi connectivity index (χ2v) is 4.73. The molecule has 4 nitrogen and oxygen atoms in total. The largest absolute Gasteiger partial charge is 0.498 e. The Morgan fingerprint density at radius 3 is 2.28 bits per heavy atom. The topological polar surface area (TPSA) is 55.4 Å². The third kappa shape index (κ3) is 4.17. The number of ether oxygens (including phenoxy) is 1. The van der Waals surface area contributed by atoms with E-state index < -0.39 is 0 Å². The first-order chi connectivity index (χ1) is 8.56. The van der Waals surface area contributed by atoms with Crippen molar-refractivity contribution in [2.75, 3.05) is 6.61 Å². The van der Waals surface area contributed by atoms with Gasteiger partial charge in [0, 0.05) is 6.04 Å². The van der Waals surface area contributed by atoms with Gasteiger partial charge < -0.3 is 10.1 Å². The predicted octanol–water partition coefficient (Wildman–Crippen LogP) is 2.33. The zero-order chi connectivity index (χ0) is 13.5. The Labute approximate surface area is 109 Å². The predicted molar refractivity (Wildman–Crippen MR) is 70.0 cm³/mol. The standard InChI is InChI=1S/C14H23NO3/c1-4-18-11(3)13(10(2)16)14(17)15-12-8-6-5-7-9-12/h12H,4-9H2,1-3H3,(H,15,17). The van der Waals surface area contributed by atoms with E-state index in [1.807, 2.05) is 6.92 Å². The van der Waals surface area contributed by atoms with Crippen LogP contribution < -0.4 is 5.32 Å². The highest BCUT2D eigenvalue weighted by Crippen LogP contribution is 2.18. The third-order valence-electron chi connectivity index (χ3n) is 3.23. The molecule has 18 heavy (non-hydrogen) atoms. The van der Waals surface area contributed by atoms with Crippen molar-refractivity contribution in [3.63, 3.8) is 0 Å². The lowest BCUT2D eigenvalue weighted by Crippen LogP contribution is -2.38. The van der Waals surface area contributed by atoms with Gasteiger partial charge in [-0.1, -0.05) is 19.3 Å². The van der Waals surface area contributed by atoms with E-state index in [4.69, 9.17) is 4.74 Å². The average molecular weight is 253 g/mol. The minimum atomic E-state index is -0.291. The fourth-order valence-electron chi connectivity index (χ4n) is 2.36. The Kier molecular flexibility index (Phi) is 5.89. The molecule has 0 bridgehead atoms. The normalized spacial score (nSPS) is 17.9. The second-order valence-electron chi connectivity index (χ2n) is 4.73. The van der Waals surface area contributed by atoms with Gasteiger partial charge in [0.05, 0.1) is 6.61 Å². The molecule has 0 heterocycles. The van der Waals surface area contributed by atoms with Crippen molar-refractivity contribution in [2.45, 2.75) is 58.9 Å². The van der Waals surface area contributed by atoms with Gasteiger partial charge in [-0.2, -0.15) is 0 Å². The summed E-state index contributed by atoms with van der Waals surface area (Å²) in [5.41, 5.74) is 0.155. The van der Waals surface area contributed by atoms with Crippen LogP contribution in [0, 0.1) is 0 Å². The summed E-state index contributed by atoms with van der Waals surface area (Å²) in [4.78, 5) is 23.6. The molecule has 0 radical (unpaired) electrons. The van der Waals surface area contributed by atoms with Crippen molar-refractivity contribution in [3.8, 4) is 0 Å². The maximum atomic E-state index is 12.1. The molecule has 0 atom stereocenters. The van der Waals surface area contributed by atoms with E-state index in [9.17, 15) is 9.59 Å². The van der Waals surface area contributed by atoms with Gasteiger partial charge >= 0.3 is 0 Å². The van der Waals surface area contributed by atoms with Gasteiger partial charge in [0.2, 0.25) is 0 Å². The van der Waals surface area contributed by atoms with Crippen LogP contribution in [-0.2, 0) is 14.3 Å². The lowest BCUT2D eigenvalue weighted by atomic mass is 9.95. The molecule has 4 heteroatoms. The molecule has 102 valence electrons. The summed E-state index contributed by atoms with van der Waals surface area (Å²) in [5.74, 6) is -0.118. The van der Waals surface area contributed by atoms with E-state index in [1.165, 1.54) is 13.3 Å².